The summed E-state index contributed by atoms with van der Waals surface area (Å²) >= 11 is 0. The van der Waals surface area contributed by atoms with Gasteiger partial charge in [0.15, 0.2) is 9.84 Å². The monoisotopic (exact) mass is 339 g/mol. The molecule has 0 aliphatic heterocycles. The number of nitrogens with one attached hydrogen (secondary N) is 1. The van der Waals surface area contributed by atoms with E-state index in [9.17, 15) is 18.0 Å². The first kappa shape index (κ1) is 17.5. The molecule has 1 aromatic rings. The molecule has 7 heteroatoms. The zero-order chi connectivity index (χ0) is 17.0. The van der Waals surface area contributed by atoms with Crippen LogP contribution in [0.15, 0.2) is 29.2 Å². The number of aliphatic carboxylic acids is 1. The Morgan fingerprint density at radius 3 is 2.17 bits per heavy atom. The van der Waals surface area contributed by atoms with Crippen LogP contribution in [0, 0.1) is 5.92 Å². The van der Waals surface area contributed by atoms with Crippen LogP contribution >= 0.6 is 0 Å². The number of carboxylic acids is 1. The van der Waals surface area contributed by atoms with Crippen LogP contribution in [0.3, 0.4) is 0 Å². The second kappa shape index (κ2) is 7.12. The third kappa shape index (κ3) is 4.31. The number of sulfone groups is 1. The van der Waals surface area contributed by atoms with E-state index in [-0.39, 0.29) is 28.5 Å². The van der Waals surface area contributed by atoms with E-state index in [1.54, 1.807) is 6.92 Å². The van der Waals surface area contributed by atoms with Crippen molar-refractivity contribution in [3.8, 4) is 0 Å². The number of rotatable bonds is 5. The molecule has 0 unspecified atom stereocenters. The molecule has 1 aromatic carbocycles. The van der Waals surface area contributed by atoms with Gasteiger partial charge in [0.05, 0.1) is 16.6 Å². The molecule has 0 spiro atoms. The van der Waals surface area contributed by atoms with E-state index >= 15 is 0 Å². The lowest BCUT2D eigenvalue weighted by atomic mass is 9.86. The second-order valence-electron chi connectivity index (χ2n) is 5.79. The number of carbonyl (C=O) groups is 2. The third-order valence-corrected chi connectivity index (χ3v) is 6.02. The Bertz CT molecular complexity index is 673. The number of amides is 1. The van der Waals surface area contributed by atoms with Gasteiger partial charge in [-0.3, -0.25) is 9.59 Å². The van der Waals surface area contributed by atoms with E-state index in [1.165, 1.54) is 24.3 Å². The van der Waals surface area contributed by atoms with Crippen molar-refractivity contribution in [3.63, 3.8) is 0 Å². The molecule has 6 nitrogen and oxygen atoms in total. The van der Waals surface area contributed by atoms with Gasteiger partial charge in [-0.05, 0) is 49.9 Å². The maximum absolute atomic E-state index is 12.2. The Morgan fingerprint density at radius 2 is 1.70 bits per heavy atom. The van der Waals surface area contributed by atoms with Crippen molar-refractivity contribution in [2.24, 2.45) is 5.92 Å². The van der Waals surface area contributed by atoms with Crippen LogP contribution in [-0.2, 0) is 14.6 Å². The smallest absolute Gasteiger partial charge is 0.306 e. The molecular formula is C16H21NO5S. The fourth-order valence-corrected chi connectivity index (χ4v) is 3.62. The summed E-state index contributed by atoms with van der Waals surface area (Å²) in [6.07, 6.45) is 2.41. The molecule has 1 aliphatic rings. The van der Waals surface area contributed by atoms with E-state index in [4.69, 9.17) is 5.11 Å². The summed E-state index contributed by atoms with van der Waals surface area (Å²) in [6, 6.07) is 5.85. The van der Waals surface area contributed by atoms with Crippen molar-refractivity contribution in [2.75, 3.05) is 5.75 Å². The molecule has 0 bridgehead atoms. The second-order valence-corrected chi connectivity index (χ2v) is 8.07. The van der Waals surface area contributed by atoms with E-state index in [0.717, 1.165) is 0 Å². The van der Waals surface area contributed by atoms with Gasteiger partial charge in [0.25, 0.3) is 5.91 Å². The fraction of sp³-hybridized carbons (Fsp3) is 0.500. The van der Waals surface area contributed by atoms with Gasteiger partial charge in [-0.25, -0.2) is 8.42 Å². The van der Waals surface area contributed by atoms with Crippen molar-refractivity contribution >= 4 is 21.7 Å². The van der Waals surface area contributed by atoms with Gasteiger partial charge >= 0.3 is 5.97 Å². The number of carboxylic acid groups (broad SMARTS) is 1. The molecule has 23 heavy (non-hydrogen) atoms. The highest BCUT2D eigenvalue weighted by molar-refractivity contribution is 7.91. The fourth-order valence-electron chi connectivity index (χ4n) is 2.73. The number of hydrogen-bond donors (Lipinski definition) is 2. The Morgan fingerprint density at radius 1 is 1.13 bits per heavy atom. The van der Waals surface area contributed by atoms with Gasteiger partial charge in [0.2, 0.25) is 0 Å². The molecule has 1 amide bonds. The predicted molar refractivity (Wildman–Crippen MR) is 85.0 cm³/mol. The van der Waals surface area contributed by atoms with Gasteiger partial charge in [0, 0.05) is 11.6 Å². The molecule has 2 rings (SSSR count). The van der Waals surface area contributed by atoms with Crippen molar-refractivity contribution < 1.29 is 23.1 Å². The summed E-state index contributed by atoms with van der Waals surface area (Å²) < 4.78 is 23.5. The van der Waals surface area contributed by atoms with Crippen LogP contribution in [-0.4, -0.2) is 37.2 Å². The Kier molecular flexibility index (Phi) is 5.41. The lowest BCUT2D eigenvalue weighted by Crippen LogP contribution is -2.38. The largest absolute Gasteiger partial charge is 0.481 e. The van der Waals surface area contributed by atoms with Gasteiger partial charge in [-0.15, -0.1) is 0 Å². The summed E-state index contributed by atoms with van der Waals surface area (Å²) in [7, 11) is -3.27. The van der Waals surface area contributed by atoms with Gasteiger partial charge in [0.1, 0.15) is 0 Å². The summed E-state index contributed by atoms with van der Waals surface area (Å²) in [6.45, 7) is 1.57. The average Bonchev–Trinajstić information content (AvgIpc) is 2.55. The molecule has 1 aliphatic carbocycles. The van der Waals surface area contributed by atoms with Crippen LogP contribution < -0.4 is 5.32 Å². The van der Waals surface area contributed by atoms with E-state index in [2.05, 4.69) is 5.32 Å². The highest BCUT2D eigenvalue weighted by atomic mass is 32.2. The standard InChI is InChI=1S/C16H21NO5S/c1-2-23(21,22)14-9-5-11(6-10-14)15(18)17-13-7-3-12(4-8-13)16(19)20/h5-6,9-10,12-13H,2-4,7-8H2,1H3,(H,17,18)(H,19,20). The minimum Gasteiger partial charge on any atom is -0.481 e. The predicted octanol–water partition coefficient (Wildman–Crippen LogP) is 1.85. The minimum absolute atomic E-state index is 0.0192. The normalized spacial score (nSPS) is 21.6. The van der Waals surface area contributed by atoms with Crippen LogP contribution in [0.1, 0.15) is 43.0 Å². The van der Waals surface area contributed by atoms with Crippen LogP contribution in [0.2, 0.25) is 0 Å². The first-order valence-electron chi connectivity index (χ1n) is 7.70. The Hall–Kier alpha value is -1.89. The van der Waals surface area contributed by atoms with Crippen molar-refractivity contribution in [1.82, 2.24) is 5.32 Å². The zero-order valence-corrected chi connectivity index (χ0v) is 13.8. The van der Waals surface area contributed by atoms with Gasteiger partial charge < -0.3 is 10.4 Å². The third-order valence-electron chi connectivity index (χ3n) is 4.27. The molecule has 0 radical (unpaired) electrons. The lowest BCUT2D eigenvalue weighted by Gasteiger charge is -2.26. The van der Waals surface area contributed by atoms with Crippen molar-refractivity contribution in [1.29, 1.82) is 0 Å². The summed E-state index contributed by atoms with van der Waals surface area (Å²) in [5.74, 6) is -1.33. The molecule has 1 fully saturated rings. The van der Waals surface area contributed by atoms with E-state index in [1.807, 2.05) is 0 Å². The molecule has 1 saturated carbocycles. The number of carbonyl (C=O) groups excluding carboxylic acids is 1. The molecule has 0 heterocycles. The first-order chi connectivity index (χ1) is 10.8. The van der Waals surface area contributed by atoms with Gasteiger partial charge in [-0.2, -0.15) is 0 Å². The Balaban J connectivity index is 1.95. The highest BCUT2D eigenvalue weighted by Crippen LogP contribution is 2.24. The maximum Gasteiger partial charge on any atom is 0.306 e. The highest BCUT2D eigenvalue weighted by Gasteiger charge is 2.26. The minimum atomic E-state index is -3.27. The number of hydrogen-bond acceptors (Lipinski definition) is 4. The molecule has 0 saturated heterocycles. The lowest BCUT2D eigenvalue weighted by molar-refractivity contribution is -0.142. The van der Waals surface area contributed by atoms with Crippen molar-refractivity contribution in [2.45, 2.75) is 43.5 Å². The van der Waals surface area contributed by atoms with Gasteiger partial charge in [-0.1, -0.05) is 6.92 Å². The average molecular weight is 339 g/mol. The molecule has 2 N–H and O–H groups in total. The first-order valence-corrected chi connectivity index (χ1v) is 9.35. The van der Waals surface area contributed by atoms with Crippen molar-refractivity contribution in [3.05, 3.63) is 29.8 Å². The van der Waals surface area contributed by atoms with E-state index in [0.29, 0.717) is 31.2 Å². The SMILES string of the molecule is CCS(=O)(=O)c1ccc(C(=O)NC2CCC(C(=O)O)CC2)cc1. The van der Waals surface area contributed by atoms with Crippen LogP contribution in [0.25, 0.3) is 0 Å². The number of benzene rings is 1. The van der Waals surface area contributed by atoms with Crippen LogP contribution in [0.5, 0.6) is 0 Å². The topological polar surface area (TPSA) is 101 Å². The molecule has 0 aromatic heterocycles. The molecular weight excluding hydrogens is 318 g/mol. The van der Waals surface area contributed by atoms with Crippen LogP contribution in [0.4, 0.5) is 0 Å². The summed E-state index contributed by atoms with van der Waals surface area (Å²) in [5, 5.41) is 11.8. The quantitative estimate of drug-likeness (QED) is 0.853. The van der Waals surface area contributed by atoms with E-state index < -0.39 is 15.8 Å². The molecule has 126 valence electrons. The molecule has 0 atom stereocenters. The summed E-state index contributed by atoms with van der Waals surface area (Å²) in [5.41, 5.74) is 0.403. The zero-order valence-electron chi connectivity index (χ0n) is 13.0. The maximum atomic E-state index is 12.2. The summed E-state index contributed by atoms with van der Waals surface area (Å²) in [4.78, 5) is 23.3. The Labute approximate surface area is 135 Å².